The fraction of sp³-hybridized carbons (Fsp3) is 0.263. The molecule has 1 fully saturated rings. The number of hydrogen-bond acceptors (Lipinski definition) is 4. The van der Waals surface area contributed by atoms with Gasteiger partial charge in [0.15, 0.2) is 0 Å². The number of anilines is 1. The summed E-state index contributed by atoms with van der Waals surface area (Å²) in [6.45, 7) is 3.24. The minimum atomic E-state index is -3.89. The summed E-state index contributed by atoms with van der Waals surface area (Å²) in [4.78, 5) is 25.0. The maximum absolute atomic E-state index is 12.9. The first-order chi connectivity index (χ1) is 13.0. The van der Waals surface area contributed by atoms with E-state index in [1.165, 1.54) is 30.3 Å². The lowest BCUT2D eigenvalue weighted by molar-refractivity contribution is -0.123. The first-order valence-electron chi connectivity index (χ1n) is 8.41. The van der Waals surface area contributed by atoms with E-state index in [1.54, 1.807) is 26.0 Å². The highest BCUT2D eigenvalue weighted by Crippen LogP contribution is 2.39. The largest absolute Gasteiger partial charge is 0.348 e. The van der Waals surface area contributed by atoms with Gasteiger partial charge in [-0.2, -0.15) is 0 Å². The number of carbonyl (C=O) groups excluding carboxylic acids is 2. The molecule has 0 radical (unpaired) electrons. The first-order valence-corrected chi connectivity index (χ1v) is 10.4. The third-order valence-electron chi connectivity index (χ3n) is 4.38. The Balaban J connectivity index is 1.86. The molecule has 0 unspecified atom stereocenters. The van der Waals surface area contributed by atoms with Crippen molar-refractivity contribution in [3.05, 3.63) is 64.4 Å². The fourth-order valence-electron chi connectivity index (χ4n) is 2.94. The van der Waals surface area contributed by atoms with Crippen molar-refractivity contribution in [2.45, 2.75) is 20.4 Å². The summed E-state index contributed by atoms with van der Waals surface area (Å²) in [5.74, 6) is -1.79. The van der Waals surface area contributed by atoms with Crippen LogP contribution in [0.5, 0.6) is 0 Å². The monoisotopic (exact) mass is 424 g/mol. The lowest BCUT2D eigenvalue weighted by atomic mass is 9.95. The Hall–Kier alpha value is -2.45. The summed E-state index contributed by atoms with van der Waals surface area (Å²) >= 11 is 6.13. The number of halogens is 2. The number of amides is 2. The van der Waals surface area contributed by atoms with Gasteiger partial charge in [0, 0.05) is 12.1 Å². The van der Waals surface area contributed by atoms with Crippen molar-refractivity contribution in [3.8, 4) is 0 Å². The number of nitrogens with one attached hydrogen (secondary N) is 1. The minimum Gasteiger partial charge on any atom is -0.348 e. The van der Waals surface area contributed by atoms with E-state index in [0.29, 0.717) is 9.87 Å². The molecule has 0 bridgehead atoms. The molecule has 2 aromatic carbocycles. The molecule has 1 heterocycles. The molecule has 1 aliphatic rings. The van der Waals surface area contributed by atoms with Crippen molar-refractivity contribution in [2.24, 2.45) is 5.41 Å². The smallest absolute Gasteiger partial charge is 0.251 e. The van der Waals surface area contributed by atoms with Gasteiger partial charge < -0.3 is 5.32 Å². The maximum Gasteiger partial charge on any atom is 0.251 e. The van der Waals surface area contributed by atoms with Gasteiger partial charge in [-0.3, -0.25) is 9.59 Å². The average Bonchev–Trinajstić information content (AvgIpc) is 2.78. The SMILES string of the molecule is CC1(C)CS(=O)(=O)N(c2cc(C(=O)NCc3ccc(F)cc3)ccc2Cl)C1=O. The number of sulfonamides is 1. The van der Waals surface area contributed by atoms with Crippen LogP contribution in [0.3, 0.4) is 0 Å². The highest BCUT2D eigenvalue weighted by Gasteiger charge is 2.50. The molecule has 0 spiro atoms. The van der Waals surface area contributed by atoms with Gasteiger partial charge in [0.2, 0.25) is 15.9 Å². The van der Waals surface area contributed by atoms with Crippen molar-refractivity contribution < 1.29 is 22.4 Å². The Kier molecular flexibility index (Phi) is 5.20. The summed E-state index contributed by atoms with van der Waals surface area (Å²) in [6.07, 6.45) is 0. The van der Waals surface area contributed by atoms with Crippen LogP contribution in [0.2, 0.25) is 5.02 Å². The molecule has 3 rings (SSSR count). The molecule has 0 aromatic heterocycles. The fourth-order valence-corrected chi connectivity index (χ4v) is 5.31. The second-order valence-corrected chi connectivity index (χ2v) is 9.41. The predicted molar refractivity (Wildman–Crippen MR) is 104 cm³/mol. The van der Waals surface area contributed by atoms with Crippen LogP contribution >= 0.6 is 11.6 Å². The van der Waals surface area contributed by atoms with Crippen molar-refractivity contribution in [3.63, 3.8) is 0 Å². The van der Waals surface area contributed by atoms with Gasteiger partial charge in [-0.25, -0.2) is 17.1 Å². The van der Waals surface area contributed by atoms with Gasteiger partial charge in [-0.15, -0.1) is 0 Å². The van der Waals surface area contributed by atoms with Gasteiger partial charge in [0.05, 0.1) is 21.9 Å². The van der Waals surface area contributed by atoms with E-state index in [1.807, 2.05) is 0 Å². The average molecular weight is 425 g/mol. The minimum absolute atomic E-state index is 0.0460. The summed E-state index contributed by atoms with van der Waals surface area (Å²) in [5, 5.41) is 2.71. The van der Waals surface area contributed by atoms with E-state index in [9.17, 15) is 22.4 Å². The molecule has 1 saturated heterocycles. The molecule has 0 aliphatic carbocycles. The lowest BCUT2D eigenvalue weighted by Gasteiger charge is -2.19. The van der Waals surface area contributed by atoms with Crippen LogP contribution in [0.25, 0.3) is 0 Å². The van der Waals surface area contributed by atoms with Gasteiger partial charge in [0.1, 0.15) is 5.82 Å². The Morgan fingerprint density at radius 1 is 1.21 bits per heavy atom. The third-order valence-corrected chi connectivity index (χ3v) is 6.70. The highest BCUT2D eigenvalue weighted by molar-refractivity contribution is 7.94. The van der Waals surface area contributed by atoms with Crippen LogP contribution in [-0.4, -0.2) is 26.0 Å². The summed E-state index contributed by atoms with van der Waals surface area (Å²) in [6, 6.07) is 9.74. The van der Waals surface area contributed by atoms with Gasteiger partial charge in [-0.05, 0) is 49.7 Å². The second-order valence-electron chi connectivity index (χ2n) is 7.18. The van der Waals surface area contributed by atoms with E-state index in [0.717, 1.165) is 0 Å². The molecule has 1 aliphatic heterocycles. The normalized spacial score (nSPS) is 17.6. The molecular weight excluding hydrogens is 407 g/mol. The number of hydrogen-bond donors (Lipinski definition) is 1. The van der Waals surface area contributed by atoms with Crippen LogP contribution in [0.1, 0.15) is 29.8 Å². The van der Waals surface area contributed by atoms with Crippen molar-refractivity contribution in [1.82, 2.24) is 5.32 Å². The molecule has 148 valence electrons. The van der Waals surface area contributed by atoms with Gasteiger partial charge in [-0.1, -0.05) is 23.7 Å². The number of carbonyl (C=O) groups is 2. The number of rotatable bonds is 4. The van der Waals surface area contributed by atoms with Crippen LogP contribution in [-0.2, 0) is 21.4 Å². The quantitative estimate of drug-likeness (QED) is 0.817. The lowest BCUT2D eigenvalue weighted by Crippen LogP contribution is -2.33. The topological polar surface area (TPSA) is 83.6 Å². The Bertz CT molecular complexity index is 1050. The Morgan fingerprint density at radius 2 is 1.86 bits per heavy atom. The molecule has 0 atom stereocenters. The van der Waals surface area contributed by atoms with Crippen molar-refractivity contribution >= 4 is 39.1 Å². The molecule has 0 saturated carbocycles. The van der Waals surface area contributed by atoms with E-state index < -0.39 is 27.3 Å². The molecule has 1 N–H and O–H groups in total. The zero-order chi connectivity index (χ0) is 20.7. The van der Waals surface area contributed by atoms with E-state index >= 15 is 0 Å². The summed E-state index contributed by atoms with van der Waals surface area (Å²) in [5.41, 5.74) is -0.285. The second kappa shape index (κ2) is 7.18. The number of benzene rings is 2. The van der Waals surface area contributed by atoms with Crippen molar-refractivity contribution in [2.75, 3.05) is 10.1 Å². The predicted octanol–water partition coefficient (Wildman–Crippen LogP) is 3.11. The molecule has 9 heteroatoms. The maximum atomic E-state index is 12.9. The first kappa shape index (κ1) is 20.3. The molecule has 2 aromatic rings. The van der Waals surface area contributed by atoms with Gasteiger partial charge >= 0.3 is 0 Å². The van der Waals surface area contributed by atoms with Gasteiger partial charge in [0.25, 0.3) is 5.91 Å². The third kappa shape index (κ3) is 3.88. The zero-order valence-corrected chi connectivity index (χ0v) is 16.8. The highest BCUT2D eigenvalue weighted by atomic mass is 35.5. The number of nitrogens with zero attached hydrogens (tertiary/aromatic N) is 1. The molecule has 28 heavy (non-hydrogen) atoms. The van der Waals surface area contributed by atoms with Crippen LogP contribution in [0.15, 0.2) is 42.5 Å². The Labute approximate surface area is 167 Å². The molecule has 6 nitrogen and oxygen atoms in total. The Morgan fingerprint density at radius 3 is 2.43 bits per heavy atom. The van der Waals surface area contributed by atoms with E-state index in [-0.39, 0.29) is 34.4 Å². The van der Waals surface area contributed by atoms with Crippen LogP contribution in [0, 0.1) is 11.2 Å². The van der Waals surface area contributed by atoms with E-state index in [4.69, 9.17) is 11.6 Å². The summed E-state index contributed by atoms with van der Waals surface area (Å²) in [7, 11) is -3.89. The zero-order valence-electron chi connectivity index (χ0n) is 15.2. The molecular formula is C19H18ClFN2O4S. The molecule has 2 amide bonds. The van der Waals surface area contributed by atoms with Crippen LogP contribution < -0.4 is 9.62 Å². The summed E-state index contributed by atoms with van der Waals surface area (Å²) < 4.78 is 38.6. The van der Waals surface area contributed by atoms with E-state index in [2.05, 4.69) is 5.32 Å². The van der Waals surface area contributed by atoms with Crippen LogP contribution in [0.4, 0.5) is 10.1 Å². The standard InChI is InChI=1S/C19H18ClFN2O4S/c1-19(2)11-28(26,27)23(18(19)25)16-9-13(5-8-15(16)20)17(24)22-10-12-3-6-14(21)7-4-12/h3-9H,10-11H2,1-2H3,(H,22,24). The van der Waals surface area contributed by atoms with Crippen molar-refractivity contribution in [1.29, 1.82) is 0 Å².